The summed E-state index contributed by atoms with van der Waals surface area (Å²) in [5, 5.41) is 11.3. The summed E-state index contributed by atoms with van der Waals surface area (Å²) in [5.74, 6) is 2.55. The Kier molecular flexibility index (Phi) is 1.88. The van der Waals surface area contributed by atoms with Crippen molar-refractivity contribution in [3.63, 3.8) is 0 Å². The zero-order valence-corrected chi connectivity index (χ0v) is 8.80. The molecule has 4 bridgehead atoms. The Hall–Kier alpha value is -0.490. The molecule has 2 nitrogen and oxygen atoms in total. The first-order chi connectivity index (χ1) is 6.79. The van der Waals surface area contributed by atoms with Crippen molar-refractivity contribution in [1.82, 2.24) is 0 Å². The minimum Gasteiger partial charge on any atom is -0.299 e. The minimum absolute atomic E-state index is 0.232. The summed E-state index contributed by atoms with van der Waals surface area (Å²) in [6.07, 6.45) is 4.58. The van der Waals surface area contributed by atoms with Crippen LogP contribution >= 0.6 is 11.8 Å². The van der Waals surface area contributed by atoms with Gasteiger partial charge in [-0.1, -0.05) is 0 Å². The number of thiocyanates is 1. The average Bonchev–Trinajstić information content (AvgIpc) is 2.18. The molecule has 4 aliphatic carbocycles. The van der Waals surface area contributed by atoms with E-state index in [1.54, 1.807) is 0 Å². The molecule has 0 aromatic carbocycles. The topological polar surface area (TPSA) is 40.9 Å². The second-order valence-corrected chi connectivity index (χ2v) is 5.91. The van der Waals surface area contributed by atoms with Crippen molar-refractivity contribution in [1.29, 1.82) is 5.26 Å². The van der Waals surface area contributed by atoms with E-state index in [0.29, 0.717) is 22.9 Å². The highest BCUT2D eigenvalue weighted by Crippen LogP contribution is 2.55. The fraction of sp³-hybridized carbons (Fsp3) is 0.818. The Labute approximate surface area is 88.0 Å². The highest BCUT2D eigenvalue weighted by Gasteiger charge is 2.53. The highest BCUT2D eigenvalue weighted by molar-refractivity contribution is 8.04. The standard InChI is InChI=1S/C11H13NOS/c12-5-14-11-8-2-6-1-7(4-8)10(13)9(11)3-6/h6-9,11H,1-4H2. The molecular weight excluding hydrogens is 194 g/mol. The maximum Gasteiger partial charge on any atom is 0.140 e. The van der Waals surface area contributed by atoms with Crippen LogP contribution in [0.15, 0.2) is 0 Å². The number of nitriles is 1. The van der Waals surface area contributed by atoms with Crippen LogP contribution in [0.5, 0.6) is 0 Å². The second kappa shape index (κ2) is 3.00. The Morgan fingerprint density at radius 2 is 2.14 bits per heavy atom. The van der Waals surface area contributed by atoms with Crippen molar-refractivity contribution < 1.29 is 4.79 Å². The second-order valence-electron chi connectivity index (χ2n) is 4.95. The van der Waals surface area contributed by atoms with E-state index >= 15 is 0 Å². The molecule has 0 spiro atoms. The van der Waals surface area contributed by atoms with Crippen LogP contribution in [0.25, 0.3) is 0 Å². The first-order valence-corrected chi connectivity index (χ1v) is 6.26. The van der Waals surface area contributed by atoms with Crippen molar-refractivity contribution in [2.45, 2.75) is 30.9 Å². The van der Waals surface area contributed by atoms with Crippen LogP contribution in [0, 0.1) is 34.3 Å². The van der Waals surface area contributed by atoms with Crippen LogP contribution in [0.3, 0.4) is 0 Å². The van der Waals surface area contributed by atoms with Crippen LogP contribution in [0.2, 0.25) is 0 Å². The van der Waals surface area contributed by atoms with Gasteiger partial charge in [-0.3, -0.25) is 4.79 Å². The smallest absolute Gasteiger partial charge is 0.140 e. The van der Waals surface area contributed by atoms with E-state index in [1.165, 1.54) is 18.2 Å². The van der Waals surface area contributed by atoms with Crippen molar-refractivity contribution in [3.8, 4) is 5.40 Å². The first kappa shape index (κ1) is 8.79. The Morgan fingerprint density at radius 1 is 1.29 bits per heavy atom. The van der Waals surface area contributed by atoms with Crippen LogP contribution in [0.1, 0.15) is 25.7 Å². The molecule has 3 heteroatoms. The van der Waals surface area contributed by atoms with Crippen LogP contribution in [-0.4, -0.2) is 11.0 Å². The lowest BCUT2D eigenvalue weighted by molar-refractivity contribution is -0.139. The molecule has 14 heavy (non-hydrogen) atoms. The quantitative estimate of drug-likeness (QED) is 0.619. The van der Waals surface area contributed by atoms with Gasteiger partial charge >= 0.3 is 0 Å². The zero-order chi connectivity index (χ0) is 9.71. The van der Waals surface area contributed by atoms with E-state index in [2.05, 4.69) is 5.40 Å². The molecule has 0 radical (unpaired) electrons. The summed E-state index contributed by atoms with van der Waals surface area (Å²) >= 11 is 1.36. The Morgan fingerprint density at radius 3 is 2.93 bits per heavy atom. The number of hydrogen-bond acceptors (Lipinski definition) is 3. The molecule has 0 aromatic heterocycles. The van der Waals surface area contributed by atoms with Crippen LogP contribution in [0.4, 0.5) is 0 Å². The van der Waals surface area contributed by atoms with Gasteiger partial charge in [0.05, 0.1) is 0 Å². The number of thioether (sulfide) groups is 1. The number of hydrogen-bond donors (Lipinski definition) is 0. The SMILES string of the molecule is N#CSC1C2CC3CC(C2)C(=O)C1C3. The third kappa shape index (κ3) is 1.07. The fourth-order valence-corrected chi connectivity index (χ4v) is 4.77. The third-order valence-corrected chi connectivity index (χ3v) is 5.34. The Balaban J connectivity index is 1.90. The molecule has 0 heterocycles. The van der Waals surface area contributed by atoms with Gasteiger partial charge in [-0.2, -0.15) is 5.26 Å². The molecule has 4 rings (SSSR count). The van der Waals surface area contributed by atoms with Crippen molar-refractivity contribution in [3.05, 3.63) is 0 Å². The molecule has 0 N–H and O–H groups in total. The molecule has 0 amide bonds. The maximum absolute atomic E-state index is 11.9. The van der Waals surface area contributed by atoms with E-state index in [1.807, 2.05) is 0 Å². The van der Waals surface area contributed by atoms with E-state index in [9.17, 15) is 4.79 Å². The molecule has 4 fully saturated rings. The van der Waals surface area contributed by atoms with Gasteiger partial charge in [-0.15, -0.1) is 0 Å². The number of ketones is 1. The van der Waals surface area contributed by atoms with E-state index in [0.717, 1.165) is 25.2 Å². The summed E-state index contributed by atoms with van der Waals surface area (Å²) < 4.78 is 0. The molecule has 5 atom stereocenters. The summed E-state index contributed by atoms with van der Waals surface area (Å²) in [6, 6.07) is 0. The predicted molar refractivity (Wildman–Crippen MR) is 54.4 cm³/mol. The van der Waals surface area contributed by atoms with Gasteiger partial charge in [0.15, 0.2) is 0 Å². The van der Waals surface area contributed by atoms with Gasteiger partial charge in [0.2, 0.25) is 0 Å². The number of Topliss-reactive ketones (excluding diaryl/α,β-unsaturated/α-hetero) is 1. The summed E-state index contributed by atoms with van der Waals surface area (Å²) in [7, 11) is 0. The third-order valence-electron chi connectivity index (χ3n) is 4.25. The van der Waals surface area contributed by atoms with E-state index in [4.69, 9.17) is 5.26 Å². The fourth-order valence-electron chi connectivity index (χ4n) is 3.82. The van der Waals surface area contributed by atoms with E-state index in [-0.39, 0.29) is 5.92 Å². The van der Waals surface area contributed by atoms with Gasteiger partial charge in [-0.25, -0.2) is 0 Å². The monoisotopic (exact) mass is 207 g/mol. The van der Waals surface area contributed by atoms with Gasteiger partial charge in [0.1, 0.15) is 11.2 Å². The lowest BCUT2D eigenvalue weighted by Gasteiger charge is -2.52. The summed E-state index contributed by atoms with van der Waals surface area (Å²) in [6.45, 7) is 0. The summed E-state index contributed by atoms with van der Waals surface area (Å²) in [5.41, 5.74) is 0. The molecule has 0 aromatic rings. The predicted octanol–water partition coefficient (Wildman–Crippen LogP) is 2.20. The molecule has 0 saturated heterocycles. The van der Waals surface area contributed by atoms with Gasteiger partial charge in [0.25, 0.3) is 0 Å². The highest BCUT2D eigenvalue weighted by atomic mass is 32.2. The lowest BCUT2D eigenvalue weighted by Crippen LogP contribution is -2.52. The summed E-state index contributed by atoms with van der Waals surface area (Å²) in [4.78, 5) is 11.9. The molecule has 4 aliphatic rings. The lowest BCUT2D eigenvalue weighted by atomic mass is 9.55. The number of nitrogens with zero attached hydrogens (tertiary/aromatic N) is 1. The number of rotatable bonds is 1. The van der Waals surface area contributed by atoms with Crippen LogP contribution in [-0.2, 0) is 4.79 Å². The molecule has 74 valence electrons. The molecular formula is C11H13NOS. The largest absolute Gasteiger partial charge is 0.299 e. The maximum atomic E-state index is 11.9. The van der Waals surface area contributed by atoms with Crippen molar-refractivity contribution >= 4 is 17.5 Å². The van der Waals surface area contributed by atoms with Crippen molar-refractivity contribution in [2.24, 2.45) is 23.7 Å². The Bertz CT molecular complexity index is 322. The number of carbonyl (C=O) groups excluding carboxylic acids is 1. The van der Waals surface area contributed by atoms with Crippen LogP contribution < -0.4 is 0 Å². The zero-order valence-electron chi connectivity index (χ0n) is 7.98. The van der Waals surface area contributed by atoms with Gasteiger partial charge in [0, 0.05) is 17.1 Å². The first-order valence-electron chi connectivity index (χ1n) is 5.38. The van der Waals surface area contributed by atoms with Crippen molar-refractivity contribution in [2.75, 3.05) is 0 Å². The van der Waals surface area contributed by atoms with Gasteiger partial charge in [-0.05, 0) is 49.3 Å². The van der Waals surface area contributed by atoms with Gasteiger partial charge < -0.3 is 0 Å². The number of carbonyl (C=O) groups is 1. The average molecular weight is 207 g/mol. The minimum atomic E-state index is 0.232. The molecule has 4 saturated carbocycles. The molecule has 0 aliphatic heterocycles. The molecule has 5 unspecified atom stereocenters. The van der Waals surface area contributed by atoms with E-state index < -0.39 is 0 Å². The normalized spacial score (nSPS) is 49.4.